The minimum atomic E-state index is 0.608. The van der Waals surface area contributed by atoms with E-state index in [-0.39, 0.29) is 0 Å². The molecule has 4 nitrogen and oxygen atoms in total. The summed E-state index contributed by atoms with van der Waals surface area (Å²) in [6.45, 7) is 8.07. The molecule has 0 aromatic carbocycles. The third kappa shape index (κ3) is 2.60. The maximum absolute atomic E-state index is 5.65. The largest absolute Gasteiger partial charge is 0.384 e. The van der Waals surface area contributed by atoms with Crippen molar-refractivity contribution in [3.05, 3.63) is 23.9 Å². The molecule has 0 spiro atoms. The lowest BCUT2D eigenvalue weighted by Gasteiger charge is -2.42. The van der Waals surface area contributed by atoms with E-state index in [1.165, 1.54) is 31.5 Å². The van der Waals surface area contributed by atoms with Crippen LogP contribution in [0.25, 0.3) is 0 Å². The number of anilines is 1. The van der Waals surface area contributed by atoms with Gasteiger partial charge < -0.3 is 5.73 Å². The van der Waals surface area contributed by atoms with Crippen molar-refractivity contribution in [1.29, 1.82) is 0 Å². The van der Waals surface area contributed by atoms with Gasteiger partial charge in [0.15, 0.2) is 0 Å². The number of aromatic nitrogens is 1. The van der Waals surface area contributed by atoms with Crippen LogP contribution in [-0.4, -0.2) is 46.0 Å². The predicted molar refractivity (Wildman–Crippen MR) is 77.7 cm³/mol. The Labute approximate surface area is 115 Å². The van der Waals surface area contributed by atoms with Crippen molar-refractivity contribution in [2.24, 2.45) is 0 Å². The molecule has 19 heavy (non-hydrogen) atoms. The number of nitrogen functional groups attached to an aromatic ring is 1. The molecule has 1 aromatic rings. The molecular formula is C15H24N4. The summed E-state index contributed by atoms with van der Waals surface area (Å²) in [5.74, 6) is 0.608. The molecule has 0 radical (unpaired) electrons. The Bertz CT molecular complexity index is 414. The molecule has 2 aliphatic heterocycles. The average molecular weight is 260 g/mol. The van der Waals surface area contributed by atoms with Gasteiger partial charge in [0.1, 0.15) is 5.82 Å². The minimum Gasteiger partial charge on any atom is -0.384 e. The summed E-state index contributed by atoms with van der Waals surface area (Å²) in [7, 11) is 0. The van der Waals surface area contributed by atoms with Crippen molar-refractivity contribution in [2.75, 3.05) is 18.8 Å². The van der Waals surface area contributed by atoms with Crippen LogP contribution in [0.15, 0.2) is 18.3 Å². The van der Waals surface area contributed by atoms with Crippen molar-refractivity contribution >= 4 is 5.82 Å². The second-order valence-corrected chi connectivity index (χ2v) is 6.20. The van der Waals surface area contributed by atoms with Crippen LogP contribution in [0.4, 0.5) is 5.82 Å². The van der Waals surface area contributed by atoms with E-state index < -0.39 is 0 Å². The third-order valence-electron chi connectivity index (χ3n) is 4.60. The Morgan fingerprint density at radius 1 is 1.26 bits per heavy atom. The van der Waals surface area contributed by atoms with E-state index in [4.69, 9.17) is 5.73 Å². The molecule has 0 aliphatic carbocycles. The lowest BCUT2D eigenvalue weighted by molar-refractivity contribution is 0.0441. The van der Waals surface area contributed by atoms with Gasteiger partial charge in [-0.15, -0.1) is 0 Å². The van der Waals surface area contributed by atoms with E-state index in [2.05, 4.69) is 34.7 Å². The normalized spacial score (nSPS) is 28.2. The number of hydrogen-bond donors (Lipinski definition) is 1. The van der Waals surface area contributed by atoms with Gasteiger partial charge in [0.25, 0.3) is 0 Å². The van der Waals surface area contributed by atoms with E-state index in [1.54, 1.807) is 0 Å². The Hall–Kier alpha value is -1.13. The first kappa shape index (κ1) is 12.9. The molecule has 2 atom stereocenters. The lowest BCUT2D eigenvalue weighted by atomic mass is 10.1. The number of hydrogen-bond acceptors (Lipinski definition) is 4. The maximum atomic E-state index is 5.65. The fraction of sp³-hybridized carbons (Fsp3) is 0.667. The van der Waals surface area contributed by atoms with Gasteiger partial charge in [-0.2, -0.15) is 0 Å². The molecule has 2 saturated heterocycles. The SMILES string of the molecule is CC(C)N1CC2CCC(C1)N2Cc1ccc(N)nc1. The van der Waals surface area contributed by atoms with Gasteiger partial charge in [0.2, 0.25) is 0 Å². The fourth-order valence-electron chi connectivity index (χ4n) is 3.44. The highest BCUT2D eigenvalue weighted by molar-refractivity contribution is 5.29. The monoisotopic (exact) mass is 260 g/mol. The van der Waals surface area contributed by atoms with Gasteiger partial charge >= 0.3 is 0 Å². The molecule has 2 N–H and O–H groups in total. The first-order valence-corrected chi connectivity index (χ1v) is 7.33. The zero-order chi connectivity index (χ0) is 13.4. The standard InChI is InChI=1S/C15H24N4/c1-11(2)18-9-13-4-5-14(10-18)19(13)8-12-3-6-15(16)17-7-12/h3,6-7,11,13-14H,4-5,8-10H2,1-2H3,(H2,16,17). The highest BCUT2D eigenvalue weighted by Crippen LogP contribution is 2.32. The summed E-state index contributed by atoms with van der Waals surface area (Å²) in [5, 5.41) is 0. The van der Waals surface area contributed by atoms with Crippen LogP contribution in [0.1, 0.15) is 32.3 Å². The van der Waals surface area contributed by atoms with E-state index in [9.17, 15) is 0 Å². The highest BCUT2D eigenvalue weighted by atomic mass is 15.3. The zero-order valence-corrected chi connectivity index (χ0v) is 11.9. The van der Waals surface area contributed by atoms with Crippen molar-refractivity contribution < 1.29 is 0 Å². The number of nitrogens with two attached hydrogens (primary N) is 1. The third-order valence-corrected chi connectivity index (χ3v) is 4.60. The highest BCUT2D eigenvalue weighted by Gasteiger charge is 2.40. The second kappa shape index (κ2) is 5.10. The van der Waals surface area contributed by atoms with Gasteiger partial charge in [-0.05, 0) is 38.3 Å². The predicted octanol–water partition coefficient (Wildman–Crippen LogP) is 1.72. The average Bonchev–Trinajstić information content (AvgIpc) is 2.62. The summed E-state index contributed by atoms with van der Waals surface area (Å²) >= 11 is 0. The van der Waals surface area contributed by atoms with Crippen LogP contribution in [-0.2, 0) is 6.54 Å². The van der Waals surface area contributed by atoms with Crippen LogP contribution in [0.3, 0.4) is 0 Å². The van der Waals surface area contributed by atoms with Crippen molar-refractivity contribution in [1.82, 2.24) is 14.8 Å². The number of likely N-dealkylation sites (tertiary alicyclic amines) is 1. The van der Waals surface area contributed by atoms with Gasteiger partial charge in [-0.1, -0.05) is 6.07 Å². The van der Waals surface area contributed by atoms with Crippen molar-refractivity contribution in [3.63, 3.8) is 0 Å². The summed E-state index contributed by atoms with van der Waals surface area (Å²) in [4.78, 5) is 9.50. The molecular weight excluding hydrogens is 236 g/mol. The summed E-state index contributed by atoms with van der Waals surface area (Å²) in [6, 6.07) is 6.12. The van der Waals surface area contributed by atoms with E-state index >= 15 is 0 Å². The first-order valence-electron chi connectivity index (χ1n) is 7.33. The Kier molecular flexibility index (Phi) is 3.46. The number of rotatable bonds is 3. The summed E-state index contributed by atoms with van der Waals surface area (Å²) in [5.41, 5.74) is 6.93. The summed E-state index contributed by atoms with van der Waals surface area (Å²) in [6.07, 6.45) is 4.61. The van der Waals surface area contributed by atoms with Crippen LogP contribution in [0, 0.1) is 0 Å². The summed E-state index contributed by atoms with van der Waals surface area (Å²) < 4.78 is 0. The number of fused-ring (bicyclic) bond motifs is 2. The first-order chi connectivity index (χ1) is 9.13. The van der Waals surface area contributed by atoms with E-state index in [0.29, 0.717) is 11.9 Å². The molecule has 3 rings (SSSR count). The van der Waals surface area contributed by atoms with Crippen molar-refractivity contribution in [2.45, 2.75) is 51.4 Å². The molecule has 104 valence electrons. The van der Waals surface area contributed by atoms with Gasteiger partial charge in [0, 0.05) is 44.0 Å². The molecule has 4 heteroatoms. The van der Waals surface area contributed by atoms with Crippen LogP contribution in [0.2, 0.25) is 0 Å². The van der Waals surface area contributed by atoms with Crippen molar-refractivity contribution in [3.8, 4) is 0 Å². The molecule has 3 heterocycles. The molecule has 1 aromatic heterocycles. The van der Waals surface area contributed by atoms with Crippen LogP contribution in [0.5, 0.6) is 0 Å². The number of nitrogens with zero attached hydrogens (tertiary/aromatic N) is 3. The van der Waals surface area contributed by atoms with Crippen LogP contribution < -0.4 is 5.73 Å². The number of piperazine rings is 1. The van der Waals surface area contributed by atoms with E-state index in [0.717, 1.165) is 18.6 Å². The Morgan fingerprint density at radius 3 is 2.47 bits per heavy atom. The van der Waals surface area contributed by atoms with Gasteiger partial charge in [-0.3, -0.25) is 9.80 Å². The van der Waals surface area contributed by atoms with E-state index in [1.807, 2.05) is 12.3 Å². The number of pyridine rings is 1. The lowest BCUT2D eigenvalue weighted by Crippen LogP contribution is -2.54. The van der Waals surface area contributed by atoms with Crippen LogP contribution >= 0.6 is 0 Å². The molecule has 0 saturated carbocycles. The fourth-order valence-corrected chi connectivity index (χ4v) is 3.44. The molecule has 2 fully saturated rings. The quantitative estimate of drug-likeness (QED) is 0.899. The Balaban J connectivity index is 1.68. The smallest absolute Gasteiger partial charge is 0.123 e. The minimum absolute atomic E-state index is 0.608. The molecule has 0 amide bonds. The molecule has 2 unspecified atom stereocenters. The Morgan fingerprint density at radius 2 is 1.95 bits per heavy atom. The zero-order valence-electron chi connectivity index (χ0n) is 11.9. The van der Waals surface area contributed by atoms with Gasteiger partial charge in [0.05, 0.1) is 0 Å². The second-order valence-electron chi connectivity index (χ2n) is 6.20. The van der Waals surface area contributed by atoms with Gasteiger partial charge in [-0.25, -0.2) is 4.98 Å². The maximum Gasteiger partial charge on any atom is 0.123 e. The topological polar surface area (TPSA) is 45.4 Å². The molecule has 2 bridgehead atoms. The molecule has 2 aliphatic rings.